The van der Waals surface area contributed by atoms with Crippen LogP contribution in [0.25, 0.3) is 0 Å². The summed E-state index contributed by atoms with van der Waals surface area (Å²) in [5.74, 6) is 1.22. The Bertz CT molecular complexity index is 814. The number of carbonyl (C=O) groups excluding carboxylic acids is 1. The van der Waals surface area contributed by atoms with Crippen molar-refractivity contribution in [1.82, 2.24) is 0 Å². The number of benzene rings is 2. The monoisotopic (exact) mass is 410 g/mol. The van der Waals surface area contributed by atoms with Gasteiger partial charge in [0, 0.05) is 5.92 Å². The van der Waals surface area contributed by atoms with E-state index in [0.717, 1.165) is 12.8 Å². The Morgan fingerprint density at radius 1 is 0.833 bits per heavy atom. The summed E-state index contributed by atoms with van der Waals surface area (Å²) in [7, 11) is 0. The van der Waals surface area contributed by atoms with Crippen LogP contribution in [0.5, 0.6) is 5.75 Å². The summed E-state index contributed by atoms with van der Waals surface area (Å²) in [5.41, 5.74) is 3.54. The number of hydrogen-bond donors (Lipinski definition) is 0. The third kappa shape index (κ3) is 6.10. The second-order valence-electron chi connectivity index (χ2n) is 9.72. The molecule has 1 atom stereocenters. The Labute approximate surface area is 182 Å². The molecule has 0 aliphatic carbocycles. The Morgan fingerprint density at radius 2 is 1.33 bits per heavy atom. The molecular formula is C27H38O3. The molecule has 3 nitrogen and oxygen atoms in total. The van der Waals surface area contributed by atoms with Crippen LogP contribution in [0.1, 0.15) is 90.8 Å². The van der Waals surface area contributed by atoms with E-state index in [1.54, 1.807) is 0 Å². The summed E-state index contributed by atoms with van der Waals surface area (Å²) in [4.78, 5) is 12.0. The lowest BCUT2D eigenvalue weighted by Crippen LogP contribution is -2.28. The first kappa shape index (κ1) is 24.0. The van der Waals surface area contributed by atoms with Crippen molar-refractivity contribution in [3.63, 3.8) is 0 Å². The molecule has 0 spiro atoms. The van der Waals surface area contributed by atoms with E-state index in [0.29, 0.717) is 11.7 Å². The highest BCUT2D eigenvalue weighted by Crippen LogP contribution is 2.35. The molecule has 0 bridgehead atoms. The highest BCUT2D eigenvalue weighted by Gasteiger charge is 2.23. The van der Waals surface area contributed by atoms with E-state index in [-0.39, 0.29) is 11.3 Å². The van der Waals surface area contributed by atoms with Crippen LogP contribution in [-0.2, 0) is 10.2 Å². The molecular weight excluding hydrogens is 372 g/mol. The molecule has 0 saturated heterocycles. The summed E-state index contributed by atoms with van der Waals surface area (Å²) in [6, 6.07) is 16.8. The molecule has 0 radical (unpaired) electrons. The van der Waals surface area contributed by atoms with Crippen molar-refractivity contribution >= 4 is 6.16 Å². The standard InChI is InChI=1S/C27H38O3/c1-9-26(5,6)22-15-11-20(12-16-22)24(19(3)4)21-13-17-23(18-14-21)29-25(28)30-27(7,8)10-2/h11-19,24H,9-10H2,1-8H3. The van der Waals surface area contributed by atoms with Crippen LogP contribution in [0, 0.1) is 5.92 Å². The number of ether oxygens (including phenoxy) is 2. The van der Waals surface area contributed by atoms with Crippen LogP contribution in [0.3, 0.4) is 0 Å². The topological polar surface area (TPSA) is 35.5 Å². The van der Waals surface area contributed by atoms with Crippen LogP contribution in [0.2, 0.25) is 0 Å². The minimum atomic E-state index is -0.663. The van der Waals surface area contributed by atoms with Crippen molar-refractivity contribution in [2.45, 2.75) is 85.2 Å². The van der Waals surface area contributed by atoms with Crippen LogP contribution < -0.4 is 4.74 Å². The minimum Gasteiger partial charge on any atom is -0.428 e. The Morgan fingerprint density at radius 3 is 1.77 bits per heavy atom. The zero-order valence-electron chi connectivity index (χ0n) is 19.9. The summed E-state index contributed by atoms with van der Waals surface area (Å²) in [6.45, 7) is 17.0. The molecule has 0 fully saturated rings. The van der Waals surface area contributed by atoms with E-state index in [1.165, 1.54) is 16.7 Å². The summed E-state index contributed by atoms with van der Waals surface area (Å²) in [6.07, 6.45) is 1.18. The fourth-order valence-electron chi connectivity index (χ4n) is 3.47. The average molecular weight is 411 g/mol. The van der Waals surface area contributed by atoms with Gasteiger partial charge in [-0.15, -0.1) is 0 Å². The van der Waals surface area contributed by atoms with Crippen molar-refractivity contribution in [3.8, 4) is 5.75 Å². The molecule has 3 heteroatoms. The van der Waals surface area contributed by atoms with E-state index >= 15 is 0 Å². The van der Waals surface area contributed by atoms with Crippen molar-refractivity contribution in [2.24, 2.45) is 5.92 Å². The van der Waals surface area contributed by atoms with Gasteiger partial charge in [-0.2, -0.15) is 0 Å². The van der Waals surface area contributed by atoms with Gasteiger partial charge in [0.25, 0.3) is 0 Å². The highest BCUT2D eigenvalue weighted by atomic mass is 16.7. The van der Waals surface area contributed by atoms with Gasteiger partial charge in [0.05, 0.1) is 0 Å². The number of hydrogen-bond acceptors (Lipinski definition) is 3. The third-order valence-corrected chi connectivity index (χ3v) is 6.25. The lowest BCUT2D eigenvalue weighted by Gasteiger charge is -2.26. The maximum atomic E-state index is 12.0. The van der Waals surface area contributed by atoms with E-state index < -0.39 is 11.8 Å². The Balaban J connectivity index is 2.18. The Kier molecular flexibility index (Phi) is 7.74. The fraction of sp³-hybridized carbons (Fsp3) is 0.519. The fourth-order valence-corrected chi connectivity index (χ4v) is 3.47. The quantitative estimate of drug-likeness (QED) is 0.328. The van der Waals surface area contributed by atoms with Crippen molar-refractivity contribution in [1.29, 1.82) is 0 Å². The summed E-state index contributed by atoms with van der Waals surface area (Å²) >= 11 is 0. The van der Waals surface area contributed by atoms with Gasteiger partial charge < -0.3 is 9.47 Å². The smallest absolute Gasteiger partial charge is 0.428 e. The van der Waals surface area contributed by atoms with E-state index in [4.69, 9.17) is 9.47 Å². The summed E-state index contributed by atoms with van der Waals surface area (Å²) < 4.78 is 10.7. The van der Waals surface area contributed by atoms with E-state index in [2.05, 4.69) is 58.9 Å². The lowest BCUT2D eigenvalue weighted by atomic mass is 9.79. The maximum absolute atomic E-state index is 12.0. The van der Waals surface area contributed by atoms with Gasteiger partial charge in [-0.1, -0.05) is 77.9 Å². The SMILES string of the molecule is CCC(C)(C)OC(=O)Oc1ccc(C(c2ccc(C(C)(C)CC)cc2)C(C)C)cc1. The molecule has 0 N–H and O–H groups in total. The molecule has 1 unspecified atom stereocenters. The number of rotatable bonds is 8. The molecule has 2 aromatic rings. The zero-order chi connectivity index (χ0) is 22.5. The molecule has 0 amide bonds. The van der Waals surface area contributed by atoms with Gasteiger partial charge >= 0.3 is 6.16 Å². The van der Waals surface area contributed by atoms with Crippen molar-refractivity contribution in [3.05, 3.63) is 65.2 Å². The molecule has 0 heterocycles. The molecule has 0 saturated carbocycles. The van der Waals surface area contributed by atoms with Crippen LogP contribution in [-0.4, -0.2) is 11.8 Å². The van der Waals surface area contributed by atoms with Crippen LogP contribution >= 0.6 is 0 Å². The van der Waals surface area contributed by atoms with Gasteiger partial charge in [-0.05, 0) is 66.8 Å². The molecule has 0 aromatic heterocycles. The average Bonchev–Trinajstić information content (AvgIpc) is 2.69. The normalized spacial score (nSPS) is 13.2. The van der Waals surface area contributed by atoms with Gasteiger partial charge in [-0.3, -0.25) is 0 Å². The van der Waals surface area contributed by atoms with Crippen LogP contribution in [0.15, 0.2) is 48.5 Å². The molecule has 2 aromatic carbocycles. The third-order valence-electron chi connectivity index (χ3n) is 6.25. The van der Waals surface area contributed by atoms with Crippen LogP contribution in [0.4, 0.5) is 4.79 Å². The predicted octanol–water partition coefficient (Wildman–Crippen LogP) is 7.87. The second-order valence-corrected chi connectivity index (χ2v) is 9.72. The second kappa shape index (κ2) is 9.68. The van der Waals surface area contributed by atoms with Crippen molar-refractivity contribution in [2.75, 3.05) is 0 Å². The van der Waals surface area contributed by atoms with Gasteiger partial charge in [0.15, 0.2) is 0 Å². The molecule has 30 heavy (non-hydrogen) atoms. The maximum Gasteiger partial charge on any atom is 0.514 e. The first-order valence-corrected chi connectivity index (χ1v) is 11.1. The van der Waals surface area contributed by atoms with E-state index in [1.807, 2.05) is 45.0 Å². The minimum absolute atomic E-state index is 0.186. The largest absolute Gasteiger partial charge is 0.514 e. The number of carbonyl (C=O) groups is 1. The molecule has 0 aliphatic heterocycles. The van der Waals surface area contributed by atoms with Gasteiger partial charge in [0.2, 0.25) is 0 Å². The van der Waals surface area contributed by atoms with E-state index in [9.17, 15) is 4.79 Å². The zero-order valence-corrected chi connectivity index (χ0v) is 19.9. The van der Waals surface area contributed by atoms with Gasteiger partial charge in [-0.25, -0.2) is 4.79 Å². The first-order chi connectivity index (χ1) is 14.0. The highest BCUT2D eigenvalue weighted by molar-refractivity contribution is 5.64. The Hall–Kier alpha value is -2.29. The van der Waals surface area contributed by atoms with Gasteiger partial charge in [0.1, 0.15) is 11.4 Å². The first-order valence-electron chi connectivity index (χ1n) is 11.1. The van der Waals surface area contributed by atoms with Crippen molar-refractivity contribution < 1.29 is 14.3 Å². The molecule has 164 valence electrons. The predicted molar refractivity (Wildman–Crippen MR) is 124 cm³/mol. The molecule has 2 rings (SSSR count). The summed E-state index contributed by atoms with van der Waals surface area (Å²) in [5, 5.41) is 0. The lowest BCUT2D eigenvalue weighted by molar-refractivity contribution is 0.00706. The molecule has 0 aliphatic rings.